The summed E-state index contributed by atoms with van der Waals surface area (Å²) in [6.07, 6.45) is 6.29. The van der Waals surface area contributed by atoms with Gasteiger partial charge in [0.15, 0.2) is 0 Å². The highest BCUT2D eigenvalue weighted by Gasteiger charge is 2.29. The number of hydrogen-bond acceptors (Lipinski definition) is 4. The molecule has 2 aliphatic carbocycles. The largest absolute Gasteiger partial charge is 0.459 e. The second kappa shape index (κ2) is 7.12. The Bertz CT molecular complexity index is 1010. The Labute approximate surface area is 164 Å². The van der Waals surface area contributed by atoms with Gasteiger partial charge >= 0.3 is 5.97 Å². The minimum Gasteiger partial charge on any atom is -0.459 e. The number of carbonyl (C=O) groups excluding carboxylic acids is 1. The van der Waals surface area contributed by atoms with E-state index in [9.17, 15) is 4.79 Å². The fraction of sp³-hybridized carbons (Fsp3) is 0.250. The molecule has 0 aliphatic heterocycles. The standard InChI is InChI=1S/C24H22N2O2/c27-24(28-19-12-13-19)20-8-4-5-9-22(20)26-18-14-21(16-6-2-1-3-7-16)23(25-15-18)17-10-11-17/h1-9,14-15,17,19,26H,10-13H2. The summed E-state index contributed by atoms with van der Waals surface area (Å²) in [5.41, 5.74) is 5.66. The van der Waals surface area contributed by atoms with E-state index in [4.69, 9.17) is 9.72 Å². The Hall–Kier alpha value is -3.14. The fourth-order valence-corrected chi connectivity index (χ4v) is 3.40. The quantitative estimate of drug-likeness (QED) is 0.567. The third-order valence-electron chi connectivity index (χ3n) is 5.19. The first kappa shape index (κ1) is 17.0. The van der Waals surface area contributed by atoms with Crippen LogP contribution in [-0.2, 0) is 4.74 Å². The molecule has 2 aliphatic rings. The number of pyridine rings is 1. The molecule has 140 valence electrons. The van der Waals surface area contributed by atoms with Gasteiger partial charge in [-0.15, -0.1) is 0 Å². The van der Waals surface area contributed by atoms with Gasteiger partial charge in [-0.05, 0) is 49.4 Å². The maximum absolute atomic E-state index is 12.5. The number of nitrogens with zero attached hydrogens (tertiary/aromatic N) is 1. The Kier molecular flexibility index (Phi) is 4.32. The number of nitrogens with one attached hydrogen (secondary N) is 1. The number of para-hydroxylation sites is 1. The molecule has 2 saturated carbocycles. The summed E-state index contributed by atoms with van der Waals surface area (Å²) in [6.45, 7) is 0. The minimum absolute atomic E-state index is 0.0877. The van der Waals surface area contributed by atoms with Crippen molar-refractivity contribution in [1.29, 1.82) is 0 Å². The summed E-state index contributed by atoms with van der Waals surface area (Å²) < 4.78 is 5.48. The lowest BCUT2D eigenvalue weighted by Crippen LogP contribution is -2.09. The molecule has 0 amide bonds. The van der Waals surface area contributed by atoms with Crippen LogP contribution in [0.2, 0.25) is 0 Å². The van der Waals surface area contributed by atoms with Crippen molar-refractivity contribution in [3.8, 4) is 11.1 Å². The average molecular weight is 370 g/mol. The average Bonchev–Trinajstić information content (AvgIpc) is 3.64. The molecule has 4 nitrogen and oxygen atoms in total. The maximum atomic E-state index is 12.5. The molecule has 2 fully saturated rings. The van der Waals surface area contributed by atoms with E-state index in [1.165, 1.54) is 18.4 Å². The van der Waals surface area contributed by atoms with Gasteiger partial charge in [0.1, 0.15) is 6.10 Å². The summed E-state index contributed by atoms with van der Waals surface area (Å²) >= 11 is 0. The number of ether oxygens (including phenoxy) is 1. The monoisotopic (exact) mass is 370 g/mol. The van der Waals surface area contributed by atoms with E-state index >= 15 is 0 Å². The van der Waals surface area contributed by atoms with E-state index in [1.807, 2.05) is 30.5 Å². The lowest BCUT2D eigenvalue weighted by Gasteiger charge is -2.14. The van der Waals surface area contributed by atoms with Crippen LogP contribution in [-0.4, -0.2) is 17.1 Å². The van der Waals surface area contributed by atoms with E-state index in [0.29, 0.717) is 11.5 Å². The van der Waals surface area contributed by atoms with Crippen LogP contribution in [0.3, 0.4) is 0 Å². The number of aromatic nitrogens is 1. The lowest BCUT2D eigenvalue weighted by molar-refractivity contribution is 0.0473. The number of hydrogen-bond donors (Lipinski definition) is 1. The fourth-order valence-electron chi connectivity index (χ4n) is 3.40. The highest BCUT2D eigenvalue weighted by atomic mass is 16.5. The molecular formula is C24H22N2O2. The summed E-state index contributed by atoms with van der Waals surface area (Å²) in [7, 11) is 0. The van der Waals surface area contributed by atoms with Gasteiger partial charge in [-0.1, -0.05) is 42.5 Å². The van der Waals surface area contributed by atoms with Gasteiger partial charge in [-0.25, -0.2) is 4.79 Å². The van der Waals surface area contributed by atoms with Gasteiger partial charge in [0.05, 0.1) is 28.8 Å². The summed E-state index contributed by atoms with van der Waals surface area (Å²) in [5, 5.41) is 3.38. The van der Waals surface area contributed by atoms with Gasteiger partial charge in [-0.2, -0.15) is 0 Å². The van der Waals surface area contributed by atoms with Crippen LogP contribution in [0.4, 0.5) is 11.4 Å². The van der Waals surface area contributed by atoms with Crippen LogP contribution >= 0.6 is 0 Å². The Morgan fingerprint density at radius 1 is 0.964 bits per heavy atom. The van der Waals surface area contributed by atoms with E-state index in [2.05, 4.69) is 35.6 Å². The molecule has 1 aromatic heterocycles. The molecule has 0 spiro atoms. The van der Waals surface area contributed by atoms with Crippen LogP contribution in [0.5, 0.6) is 0 Å². The number of benzene rings is 2. The third kappa shape index (κ3) is 3.63. The summed E-state index contributed by atoms with van der Waals surface area (Å²) in [4.78, 5) is 17.2. The zero-order valence-electron chi connectivity index (χ0n) is 15.6. The molecule has 4 heteroatoms. The highest BCUT2D eigenvalue weighted by Crippen LogP contribution is 2.44. The van der Waals surface area contributed by atoms with E-state index in [1.54, 1.807) is 6.07 Å². The molecule has 5 rings (SSSR count). The van der Waals surface area contributed by atoms with Crippen LogP contribution in [0.25, 0.3) is 11.1 Å². The van der Waals surface area contributed by atoms with Crippen molar-refractivity contribution in [2.45, 2.75) is 37.7 Å². The predicted octanol–water partition coefficient (Wildman–Crippen LogP) is 5.69. The Morgan fingerprint density at radius 2 is 1.71 bits per heavy atom. The number of esters is 1. The van der Waals surface area contributed by atoms with E-state index in [0.717, 1.165) is 35.5 Å². The zero-order chi connectivity index (χ0) is 18.9. The van der Waals surface area contributed by atoms with Crippen LogP contribution in [0.1, 0.15) is 47.7 Å². The van der Waals surface area contributed by atoms with Crippen LogP contribution in [0, 0.1) is 0 Å². The SMILES string of the molecule is O=C(OC1CC1)c1ccccc1Nc1cnc(C2CC2)c(-c2ccccc2)c1. The zero-order valence-corrected chi connectivity index (χ0v) is 15.6. The molecule has 28 heavy (non-hydrogen) atoms. The summed E-state index contributed by atoms with van der Waals surface area (Å²) in [5.74, 6) is 0.293. The van der Waals surface area contributed by atoms with Gasteiger partial charge in [0, 0.05) is 11.5 Å². The van der Waals surface area contributed by atoms with Gasteiger partial charge in [0.25, 0.3) is 0 Å². The van der Waals surface area contributed by atoms with Crippen LogP contribution in [0.15, 0.2) is 66.9 Å². The molecule has 3 aromatic rings. The van der Waals surface area contributed by atoms with Crippen molar-refractivity contribution in [2.24, 2.45) is 0 Å². The van der Waals surface area contributed by atoms with Crippen molar-refractivity contribution < 1.29 is 9.53 Å². The molecule has 1 heterocycles. The second-order valence-corrected chi connectivity index (χ2v) is 7.57. The van der Waals surface area contributed by atoms with E-state index in [-0.39, 0.29) is 12.1 Å². The molecule has 0 saturated heterocycles. The Balaban J connectivity index is 1.47. The normalized spacial score (nSPS) is 15.9. The molecule has 0 bridgehead atoms. The minimum atomic E-state index is -0.267. The smallest absolute Gasteiger partial charge is 0.340 e. The number of carbonyl (C=O) groups is 1. The first-order valence-corrected chi connectivity index (χ1v) is 9.90. The third-order valence-corrected chi connectivity index (χ3v) is 5.19. The van der Waals surface area contributed by atoms with Crippen molar-refractivity contribution >= 4 is 17.3 Å². The lowest BCUT2D eigenvalue weighted by atomic mass is 10.0. The highest BCUT2D eigenvalue weighted by molar-refractivity contribution is 5.96. The topological polar surface area (TPSA) is 51.2 Å². The van der Waals surface area contributed by atoms with E-state index < -0.39 is 0 Å². The molecule has 2 aromatic carbocycles. The number of anilines is 2. The molecule has 0 atom stereocenters. The van der Waals surface area contributed by atoms with Crippen molar-refractivity contribution in [3.05, 3.63) is 78.1 Å². The number of rotatable bonds is 6. The van der Waals surface area contributed by atoms with Crippen molar-refractivity contribution in [1.82, 2.24) is 4.98 Å². The second-order valence-electron chi connectivity index (χ2n) is 7.57. The first-order valence-electron chi connectivity index (χ1n) is 9.90. The maximum Gasteiger partial charge on any atom is 0.340 e. The van der Waals surface area contributed by atoms with Gasteiger partial charge in [-0.3, -0.25) is 4.98 Å². The Morgan fingerprint density at radius 3 is 2.46 bits per heavy atom. The van der Waals surface area contributed by atoms with Gasteiger partial charge < -0.3 is 10.1 Å². The van der Waals surface area contributed by atoms with Crippen molar-refractivity contribution in [2.75, 3.05) is 5.32 Å². The van der Waals surface area contributed by atoms with Gasteiger partial charge in [0.2, 0.25) is 0 Å². The molecular weight excluding hydrogens is 348 g/mol. The summed E-state index contributed by atoms with van der Waals surface area (Å²) in [6, 6.07) is 20.0. The van der Waals surface area contributed by atoms with Crippen molar-refractivity contribution in [3.63, 3.8) is 0 Å². The predicted molar refractivity (Wildman–Crippen MR) is 110 cm³/mol. The molecule has 0 radical (unpaired) electrons. The molecule has 0 unspecified atom stereocenters. The molecule has 1 N–H and O–H groups in total. The first-order chi connectivity index (χ1) is 13.8. The van der Waals surface area contributed by atoms with Crippen LogP contribution < -0.4 is 5.32 Å².